The van der Waals surface area contributed by atoms with Gasteiger partial charge in [0.1, 0.15) is 57.7 Å². The first-order valence-corrected chi connectivity index (χ1v) is 26.3. The van der Waals surface area contributed by atoms with Crippen molar-refractivity contribution in [3.8, 4) is 0 Å². The highest BCUT2D eigenvalue weighted by Crippen LogP contribution is 2.27. The molecule has 15 N–H and O–H groups in total. The maximum Gasteiger partial charge on any atom is 0.305 e. The fraction of sp³-hybridized carbons (Fsp3) is 0.565. The lowest BCUT2D eigenvalue weighted by Gasteiger charge is -2.31. The number of carbonyl (C=O) groups excluding carboxylic acids is 9. The number of rotatable bonds is 13. The van der Waals surface area contributed by atoms with Crippen molar-refractivity contribution in [2.45, 2.75) is 121 Å². The molecule has 5 heterocycles. The number of imidazole rings is 1. The number of aliphatic hydroxyl groups excluding tert-OH is 1. The van der Waals surface area contributed by atoms with E-state index in [1.807, 2.05) is 13.8 Å². The molecule has 0 spiro atoms. The van der Waals surface area contributed by atoms with Crippen LogP contribution in [0.5, 0.6) is 0 Å². The van der Waals surface area contributed by atoms with Crippen LogP contribution in [0, 0.1) is 11.8 Å². The number of carboxylic acid groups (broad SMARTS) is 1. The van der Waals surface area contributed by atoms with Gasteiger partial charge in [-0.3, -0.25) is 52.9 Å². The molecule has 2 aliphatic rings. The van der Waals surface area contributed by atoms with Gasteiger partial charge in [0, 0.05) is 42.2 Å². The molecule has 0 aliphatic carbocycles. The Balaban J connectivity index is 1.49. The maximum atomic E-state index is 14.6. The molecule has 3 aromatic rings. The molecule has 5 rings (SSSR count). The van der Waals surface area contributed by atoms with Crippen molar-refractivity contribution >= 4 is 87.8 Å². The van der Waals surface area contributed by atoms with Gasteiger partial charge in [-0.15, -0.1) is 22.7 Å². The normalized spacial score (nSPS) is 23.3. The first kappa shape index (κ1) is 59.3. The van der Waals surface area contributed by atoms with Gasteiger partial charge >= 0.3 is 5.97 Å². The predicted octanol–water partition coefficient (Wildman–Crippen LogP) is -2.40. The molecule has 0 aromatic carbocycles. The van der Waals surface area contributed by atoms with E-state index in [1.54, 1.807) is 13.8 Å². The first-order chi connectivity index (χ1) is 36.1. The largest absolute Gasteiger partial charge is 0.481 e. The van der Waals surface area contributed by atoms with Crippen molar-refractivity contribution in [1.82, 2.24) is 67.4 Å². The maximum absolute atomic E-state index is 14.6. The van der Waals surface area contributed by atoms with Crippen molar-refractivity contribution < 1.29 is 58.2 Å². The van der Waals surface area contributed by atoms with E-state index in [2.05, 4.69) is 67.5 Å². The number of aliphatic hydroxyl groups is 1. The van der Waals surface area contributed by atoms with Crippen molar-refractivity contribution in [1.29, 1.82) is 0 Å². The Hall–Kier alpha value is -7.60. The van der Waals surface area contributed by atoms with E-state index in [0.29, 0.717) is 23.5 Å². The number of hydrogen-bond acceptors (Lipinski definition) is 17. The van der Waals surface area contributed by atoms with E-state index in [4.69, 9.17) is 11.5 Å². The first-order valence-electron chi connectivity index (χ1n) is 24.5. The molecule has 414 valence electrons. The van der Waals surface area contributed by atoms with E-state index in [-0.39, 0.29) is 79.4 Å². The van der Waals surface area contributed by atoms with Crippen LogP contribution in [0.4, 0.5) is 0 Å². The number of thiazole rings is 2. The van der Waals surface area contributed by atoms with Crippen LogP contribution in [0.2, 0.25) is 0 Å². The SMILES string of the molecule is CC(C)C[C@@H]1NC(=O)CNC(=O)[C@H](CC(=O)O)NC(=O)CNC(=O)c2csc(n2)[C@H](CO)NC(=O)c2csc(n2)[C@H](CC(C)C)NC(=O)[C@H](CCCN=C(N)N)NC(=O)[C@@H]2CCCN2C(=O)[C@H](Cc2cnc[nH]2)NC1=O. The van der Waals surface area contributed by atoms with Crippen LogP contribution in [0.1, 0.15) is 121 Å². The third-order valence-corrected chi connectivity index (χ3v) is 13.8. The number of hydrogen-bond donors (Lipinski definition) is 13. The molecule has 1 saturated heterocycles. The molecule has 2 aliphatic heterocycles. The number of amides is 9. The molecule has 28 nitrogen and oxygen atoms in total. The Morgan fingerprint density at radius 2 is 1.33 bits per heavy atom. The van der Waals surface area contributed by atoms with Crippen LogP contribution in [-0.2, 0) is 44.8 Å². The highest BCUT2D eigenvalue weighted by molar-refractivity contribution is 7.10. The number of aromatic amines is 1. The summed E-state index contributed by atoms with van der Waals surface area (Å²) in [7, 11) is 0. The average Bonchev–Trinajstić information content (AvgIpc) is 4.22. The van der Waals surface area contributed by atoms with Crippen molar-refractivity contribution in [2.24, 2.45) is 28.3 Å². The van der Waals surface area contributed by atoms with Gasteiger partial charge in [-0.05, 0) is 50.4 Å². The Morgan fingerprint density at radius 3 is 1.95 bits per heavy atom. The third-order valence-electron chi connectivity index (χ3n) is 11.8. The smallest absolute Gasteiger partial charge is 0.305 e. The second-order valence-corrected chi connectivity index (χ2v) is 20.7. The van der Waals surface area contributed by atoms with Gasteiger partial charge in [-0.2, -0.15) is 0 Å². The molecule has 1 fully saturated rings. The van der Waals surface area contributed by atoms with Crippen LogP contribution in [-0.4, -0.2) is 163 Å². The number of carboxylic acids is 1. The highest BCUT2D eigenvalue weighted by atomic mass is 32.1. The number of aliphatic carboxylic acids is 1. The molecule has 7 atom stereocenters. The number of carbonyl (C=O) groups is 10. The molecule has 9 amide bonds. The number of guanidine groups is 1. The number of nitrogens with two attached hydrogens (primary N) is 2. The monoisotopic (exact) mass is 1100 g/mol. The van der Waals surface area contributed by atoms with Crippen LogP contribution >= 0.6 is 22.7 Å². The number of nitrogens with zero attached hydrogens (tertiary/aromatic N) is 5. The van der Waals surface area contributed by atoms with E-state index in [9.17, 15) is 58.2 Å². The molecular weight excluding hydrogens is 1030 g/mol. The molecule has 3 aromatic heterocycles. The lowest BCUT2D eigenvalue weighted by Crippen LogP contribution is -2.59. The summed E-state index contributed by atoms with van der Waals surface area (Å²) in [5.74, 6) is -9.09. The quantitative estimate of drug-likeness (QED) is 0.0482. The number of aliphatic imine (C=N–C) groups is 1. The summed E-state index contributed by atoms with van der Waals surface area (Å²) in [5, 5.41) is 43.6. The van der Waals surface area contributed by atoms with Crippen LogP contribution in [0.3, 0.4) is 0 Å². The molecular formula is C46H66N16O12S2. The summed E-state index contributed by atoms with van der Waals surface area (Å²) in [6.07, 6.45) is 3.11. The number of fused-ring (bicyclic) bond motifs is 5. The van der Waals surface area contributed by atoms with Crippen LogP contribution < -0.4 is 54.0 Å². The second-order valence-electron chi connectivity index (χ2n) is 19.0. The number of aromatic nitrogens is 4. The van der Waals surface area contributed by atoms with E-state index in [0.717, 1.165) is 22.7 Å². The Bertz CT molecular complexity index is 2580. The van der Waals surface area contributed by atoms with Crippen molar-refractivity contribution in [3.63, 3.8) is 0 Å². The molecule has 0 unspecified atom stereocenters. The minimum Gasteiger partial charge on any atom is -0.481 e. The molecule has 30 heteroatoms. The Labute approximate surface area is 444 Å². The molecule has 4 bridgehead atoms. The van der Waals surface area contributed by atoms with Gasteiger partial charge in [0.2, 0.25) is 41.4 Å². The van der Waals surface area contributed by atoms with E-state index >= 15 is 0 Å². The Morgan fingerprint density at radius 1 is 0.737 bits per heavy atom. The van der Waals surface area contributed by atoms with Gasteiger partial charge in [-0.1, -0.05) is 27.7 Å². The molecule has 0 saturated carbocycles. The lowest BCUT2D eigenvalue weighted by atomic mass is 10.0. The Kier molecular flexibility index (Phi) is 22.1. The topological polar surface area (TPSA) is 429 Å². The van der Waals surface area contributed by atoms with Gasteiger partial charge in [0.05, 0.1) is 38.5 Å². The second kappa shape index (κ2) is 28.3. The summed E-state index contributed by atoms with van der Waals surface area (Å²) in [6, 6.07) is -8.46. The summed E-state index contributed by atoms with van der Waals surface area (Å²) < 4.78 is 0. The minimum atomic E-state index is -1.72. The molecule has 76 heavy (non-hydrogen) atoms. The minimum absolute atomic E-state index is 0.00708. The summed E-state index contributed by atoms with van der Waals surface area (Å²) in [4.78, 5) is 156. The van der Waals surface area contributed by atoms with Gasteiger partial charge < -0.3 is 74.1 Å². The zero-order chi connectivity index (χ0) is 55.6. The summed E-state index contributed by atoms with van der Waals surface area (Å²) in [6.45, 7) is 5.46. The highest BCUT2D eigenvalue weighted by Gasteiger charge is 2.40. The summed E-state index contributed by atoms with van der Waals surface area (Å²) >= 11 is 2.00. The predicted molar refractivity (Wildman–Crippen MR) is 274 cm³/mol. The molecule has 0 radical (unpaired) electrons. The standard InChI is InChI=1S/C46H66N16O12S2/c1-22(2)11-26-40(71)58-29(13-24-15-49-21-53-24)45(74)62-10-6-8-33(62)42(73)56-25(7-5-9-50-46(47)48)39(70)57-28(12-23(3)4)43-61-32(20-75-43)41(72)59-30(18-63)44-60-31(19-76-44)38(69)52-17-35(65)55-27(14-36(66)67)37(68)51-16-34(64)54-26/h15,19-23,25-30,33,63H,5-14,16-18H2,1-4H3,(H,49,53)(H,51,68)(H,52,69)(H,54,64)(H,55,65)(H,56,73)(H,57,70)(H,58,71)(H,59,72)(H,66,67)(H4,47,48,50)/t25-,26-,27-,28-,29-,30-,33-/m0/s1. The van der Waals surface area contributed by atoms with Crippen molar-refractivity contribution in [2.75, 3.05) is 32.8 Å². The van der Waals surface area contributed by atoms with Gasteiger partial charge in [0.25, 0.3) is 11.8 Å². The number of nitrogens with one attached hydrogen (secondary N) is 9. The van der Waals surface area contributed by atoms with Crippen LogP contribution in [0.25, 0.3) is 0 Å². The van der Waals surface area contributed by atoms with Gasteiger partial charge in [0.15, 0.2) is 5.96 Å². The lowest BCUT2D eigenvalue weighted by molar-refractivity contribution is -0.142. The van der Waals surface area contributed by atoms with E-state index < -0.39 is 128 Å². The average molecular weight is 1100 g/mol. The number of H-pyrrole nitrogens is 1. The zero-order valence-electron chi connectivity index (χ0n) is 42.4. The summed E-state index contributed by atoms with van der Waals surface area (Å²) in [5.41, 5.74) is 11.3. The van der Waals surface area contributed by atoms with E-state index in [1.165, 1.54) is 28.2 Å². The van der Waals surface area contributed by atoms with Crippen LogP contribution in [0.15, 0.2) is 28.3 Å². The zero-order valence-corrected chi connectivity index (χ0v) is 44.0. The fourth-order valence-electron chi connectivity index (χ4n) is 8.24. The van der Waals surface area contributed by atoms with Gasteiger partial charge in [-0.25, -0.2) is 15.0 Å². The van der Waals surface area contributed by atoms with Crippen molar-refractivity contribution in [3.05, 3.63) is 50.4 Å². The fourth-order valence-corrected chi connectivity index (χ4v) is 9.94. The third kappa shape index (κ3) is 17.8.